The van der Waals surface area contributed by atoms with Crippen molar-refractivity contribution in [2.75, 3.05) is 5.32 Å². The predicted molar refractivity (Wildman–Crippen MR) is 98.2 cm³/mol. The molecule has 4 saturated carbocycles. The van der Waals surface area contributed by atoms with Crippen molar-refractivity contribution in [1.29, 1.82) is 0 Å². The van der Waals surface area contributed by atoms with Gasteiger partial charge in [0.15, 0.2) is 0 Å². The summed E-state index contributed by atoms with van der Waals surface area (Å²) < 4.78 is 13.2. The van der Waals surface area contributed by atoms with Crippen molar-refractivity contribution in [3.63, 3.8) is 0 Å². The second-order valence-electron chi connectivity index (χ2n) is 8.51. The number of benzene rings is 1. The van der Waals surface area contributed by atoms with Gasteiger partial charge in [-0.2, -0.15) is 0 Å². The van der Waals surface area contributed by atoms with Gasteiger partial charge in [0.2, 0.25) is 11.8 Å². The van der Waals surface area contributed by atoms with E-state index >= 15 is 0 Å². The number of hydrogen-bond donors (Lipinski definition) is 2. The van der Waals surface area contributed by atoms with Crippen molar-refractivity contribution in [3.8, 4) is 0 Å². The molecular weight excluding hydrogens is 355 g/mol. The number of hydrogen-bond acceptors (Lipinski definition) is 2. The summed E-state index contributed by atoms with van der Waals surface area (Å²) >= 11 is 5.74. The molecule has 0 aliphatic heterocycles. The van der Waals surface area contributed by atoms with Crippen LogP contribution in [-0.4, -0.2) is 17.9 Å². The Morgan fingerprint density at radius 2 is 1.73 bits per heavy atom. The van der Waals surface area contributed by atoms with Crippen molar-refractivity contribution in [1.82, 2.24) is 5.32 Å². The van der Waals surface area contributed by atoms with Crippen LogP contribution in [0, 0.1) is 29.0 Å². The molecule has 6 heteroatoms. The van der Waals surface area contributed by atoms with Gasteiger partial charge < -0.3 is 10.6 Å². The Morgan fingerprint density at radius 3 is 2.27 bits per heavy atom. The molecule has 0 radical (unpaired) electrons. The number of carbonyl (C=O) groups excluding carboxylic acids is 2. The molecular formula is C20H24ClFN2O2. The fraction of sp³-hybridized carbons (Fsp3) is 0.600. The van der Waals surface area contributed by atoms with E-state index in [1.54, 1.807) is 6.92 Å². The van der Waals surface area contributed by atoms with Crippen molar-refractivity contribution < 1.29 is 14.0 Å². The lowest BCUT2D eigenvalue weighted by Gasteiger charge is -2.55. The molecule has 0 saturated heterocycles. The molecule has 4 aliphatic rings. The highest BCUT2D eigenvalue weighted by molar-refractivity contribution is 6.31. The first kappa shape index (κ1) is 17.8. The fourth-order valence-corrected chi connectivity index (χ4v) is 5.81. The maximum absolute atomic E-state index is 13.2. The van der Waals surface area contributed by atoms with Gasteiger partial charge in [0, 0.05) is 11.1 Å². The molecule has 4 bridgehead atoms. The first-order valence-corrected chi connectivity index (χ1v) is 9.79. The van der Waals surface area contributed by atoms with Crippen molar-refractivity contribution in [2.24, 2.45) is 23.2 Å². The minimum atomic E-state index is -0.653. The Bertz CT molecular complexity index is 716. The summed E-state index contributed by atoms with van der Waals surface area (Å²) in [6, 6.07) is 3.37. The summed E-state index contributed by atoms with van der Waals surface area (Å²) in [4.78, 5) is 25.4. The van der Waals surface area contributed by atoms with Crippen LogP contribution in [0.5, 0.6) is 0 Å². The SMILES string of the molecule is CC(NC(=O)C12CC3CC(CC(C3)C1)C2)C(=O)Nc1ccc(F)c(Cl)c1. The number of amides is 2. The Hall–Kier alpha value is -1.62. The Morgan fingerprint density at radius 1 is 1.15 bits per heavy atom. The van der Waals surface area contributed by atoms with E-state index < -0.39 is 11.9 Å². The van der Waals surface area contributed by atoms with E-state index in [2.05, 4.69) is 10.6 Å². The zero-order valence-corrected chi connectivity index (χ0v) is 15.6. The lowest BCUT2D eigenvalue weighted by molar-refractivity contribution is -0.147. The summed E-state index contributed by atoms with van der Waals surface area (Å²) in [5.41, 5.74) is 0.139. The van der Waals surface area contributed by atoms with Gasteiger partial charge in [-0.15, -0.1) is 0 Å². The minimum Gasteiger partial charge on any atom is -0.344 e. The van der Waals surface area contributed by atoms with Crippen LogP contribution in [0.15, 0.2) is 18.2 Å². The molecule has 4 aliphatic carbocycles. The number of halogens is 2. The molecule has 0 aromatic heterocycles. The van der Waals surface area contributed by atoms with E-state index in [0.29, 0.717) is 23.4 Å². The quantitative estimate of drug-likeness (QED) is 0.827. The first-order valence-electron chi connectivity index (χ1n) is 9.41. The van der Waals surface area contributed by atoms with Crippen molar-refractivity contribution in [3.05, 3.63) is 29.0 Å². The molecule has 1 aromatic carbocycles. The molecule has 2 amide bonds. The normalized spacial score (nSPS) is 33.0. The van der Waals surface area contributed by atoms with Gasteiger partial charge >= 0.3 is 0 Å². The highest BCUT2D eigenvalue weighted by Crippen LogP contribution is 2.60. The van der Waals surface area contributed by atoms with Gasteiger partial charge in [-0.3, -0.25) is 9.59 Å². The minimum absolute atomic E-state index is 0.0244. The molecule has 1 unspecified atom stereocenters. The van der Waals surface area contributed by atoms with E-state index in [-0.39, 0.29) is 22.3 Å². The summed E-state index contributed by atoms with van der Waals surface area (Å²) in [5.74, 6) is 1.20. The molecule has 140 valence electrons. The zero-order chi connectivity index (χ0) is 18.5. The number of carbonyl (C=O) groups is 2. The molecule has 4 nitrogen and oxygen atoms in total. The molecule has 1 aromatic rings. The molecule has 2 N–H and O–H groups in total. The van der Waals surface area contributed by atoms with Crippen molar-refractivity contribution >= 4 is 29.1 Å². The van der Waals surface area contributed by atoms with Crippen LogP contribution in [0.2, 0.25) is 5.02 Å². The van der Waals surface area contributed by atoms with Crippen LogP contribution in [0.4, 0.5) is 10.1 Å². The van der Waals surface area contributed by atoms with Gasteiger partial charge in [0.1, 0.15) is 11.9 Å². The summed E-state index contributed by atoms with van der Waals surface area (Å²) in [5, 5.41) is 5.56. The molecule has 0 spiro atoms. The van der Waals surface area contributed by atoms with Crippen molar-refractivity contribution in [2.45, 2.75) is 51.5 Å². The van der Waals surface area contributed by atoms with E-state index in [1.807, 2.05) is 0 Å². The molecule has 4 fully saturated rings. The van der Waals surface area contributed by atoms with Crippen LogP contribution in [0.3, 0.4) is 0 Å². The topological polar surface area (TPSA) is 58.2 Å². The van der Waals surface area contributed by atoms with Crippen LogP contribution in [0.25, 0.3) is 0 Å². The van der Waals surface area contributed by atoms with Gasteiger partial charge in [-0.05, 0) is 81.4 Å². The van der Waals surface area contributed by atoms with Crippen LogP contribution >= 0.6 is 11.6 Å². The van der Waals surface area contributed by atoms with Crippen LogP contribution in [-0.2, 0) is 9.59 Å². The van der Waals surface area contributed by atoms with Gasteiger partial charge in [0.05, 0.1) is 5.02 Å². The second kappa shape index (κ2) is 6.52. The standard InChI is InChI=1S/C20H24ClFN2O2/c1-11(18(25)24-15-2-3-17(22)16(21)7-15)23-19(26)20-8-12-4-13(9-20)6-14(5-12)10-20/h2-3,7,11-14H,4-6,8-10H2,1H3,(H,23,26)(H,24,25). The lowest BCUT2D eigenvalue weighted by atomic mass is 9.49. The van der Waals surface area contributed by atoms with E-state index in [9.17, 15) is 14.0 Å². The Kier molecular flexibility index (Phi) is 4.46. The summed E-state index contributed by atoms with van der Waals surface area (Å²) in [6.45, 7) is 1.68. The molecule has 1 atom stereocenters. The predicted octanol–water partition coefficient (Wildman–Crippen LogP) is 4.14. The fourth-order valence-electron chi connectivity index (χ4n) is 5.63. The van der Waals surface area contributed by atoms with Crippen LogP contribution in [0.1, 0.15) is 45.4 Å². The monoisotopic (exact) mass is 378 g/mol. The third-order valence-corrected chi connectivity index (χ3v) is 6.74. The highest BCUT2D eigenvalue weighted by Gasteiger charge is 2.54. The smallest absolute Gasteiger partial charge is 0.246 e. The number of rotatable bonds is 4. The average molecular weight is 379 g/mol. The Labute approximate surface area is 157 Å². The third kappa shape index (κ3) is 3.22. The average Bonchev–Trinajstić information content (AvgIpc) is 2.57. The lowest BCUT2D eigenvalue weighted by Crippen LogP contribution is -2.56. The molecule has 5 rings (SSSR count). The highest BCUT2D eigenvalue weighted by atomic mass is 35.5. The Balaban J connectivity index is 1.39. The van der Waals surface area contributed by atoms with Gasteiger partial charge in [-0.25, -0.2) is 4.39 Å². The van der Waals surface area contributed by atoms with E-state index in [0.717, 1.165) is 19.3 Å². The van der Waals surface area contributed by atoms with Crippen LogP contribution < -0.4 is 10.6 Å². The summed E-state index contributed by atoms with van der Waals surface area (Å²) in [7, 11) is 0. The van der Waals surface area contributed by atoms with Gasteiger partial charge in [0.25, 0.3) is 0 Å². The maximum Gasteiger partial charge on any atom is 0.246 e. The van der Waals surface area contributed by atoms with E-state index in [4.69, 9.17) is 11.6 Å². The molecule has 26 heavy (non-hydrogen) atoms. The van der Waals surface area contributed by atoms with E-state index in [1.165, 1.54) is 37.5 Å². The number of nitrogens with one attached hydrogen (secondary N) is 2. The largest absolute Gasteiger partial charge is 0.344 e. The maximum atomic E-state index is 13.2. The zero-order valence-electron chi connectivity index (χ0n) is 14.9. The molecule has 0 heterocycles. The first-order chi connectivity index (χ1) is 12.3. The third-order valence-electron chi connectivity index (χ3n) is 6.45. The summed E-state index contributed by atoms with van der Waals surface area (Å²) in [6.07, 6.45) is 6.71. The second-order valence-corrected chi connectivity index (χ2v) is 8.92. The van der Waals surface area contributed by atoms with Gasteiger partial charge in [-0.1, -0.05) is 11.6 Å². The number of anilines is 1.